The number of nitrogens with zero attached hydrogens (tertiary/aromatic N) is 2. The average Bonchev–Trinajstić information content (AvgIpc) is 2.66. The molecule has 1 aromatic rings. The average molecular weight is 271 g/mol. The molecule has 0 amide bonds. The molecular weight excluding hydrogens is 256 g/mol. The van der Waals surface area contributed by atoms with Gasteiger partial charge in [0.2, 0.25) is 0 Å². The van der Waals surface area contributed by atoms with Crippen molar-refractivity contribution in [1.82, 2.24) is 4.98 Å². The minimum atomic E-state index is -0.213. The fourth-order valence-electron chi connectivity index (χ4n) is 1.99. The van der Waals surface area contributed by atoms with Gasteiger partial charge < -0.3 is 10.0 Å². The minimum absolute atomic E-state index is 0.213. The van der Waals surface area contributed by atoms with Crippen LogP contribution in [0.15, 0.2) is 22.9 Å². The van der Waals surface area contributed by atoms with Crippen LogP contribution in [0.2, 0.25) is 0 Å². The van der Waals surface area contributed by atoms with Gasteiger partial charge in [0, 0.05) is 29.7 Å². The first-order chi connectivity index (χ1) is 7.16. The van der Waals surface area contributed by atoms with E-state index < -0.39 is 0 Å². The largest absolute Gasteiger partial charge is 0.393 e. The Morgan fingerprint density at radius 3 is 3.00 bits per heavy atom. The highest BCUT2D eigenvalue weighted by molar-refractivity contribution is 9.10. The van der Waals surface area contributed by atoms with E-state index in [0.717, 1.165) is 29.7 Å². The number of rotatable bonds is 2. The van der Waals surface area contributed by atoms with Crippen LogP contribution in [0.3, 0.4) is 0 Å². The van der Waals surface area contributed by atoms with E-state index in [-0.39, 0.29) is 6.10 Å². The number of pyridine rings is 1. The molecule has 1 N–H and O–H groups in total. The summed E-state index contributed by atoms with van der Waals surface area (Å²) < 4.78 is 1.00. The molecule has 15 heavy (non-hydrogen) atoms. The van der Waals surface area contributed by atoms with Crippen LogP contribution < -0.4 is 4.90 Å². The SMILES string of the molecule is CC(O)C1CCN(c2cncc(Br)c2)C1. The first-order valence-electron chi connectivity index (χ1n) is 5.20. The van der Waals surface area contributed by atoms with Gasteiger partial charge in [-0.25, -0.2) is 0 Å². The van der Waals surface area contributed by atoms with Crippen LogP contribution in [0.25, 0.3) is 0 Å². The molecule has 1 fully saturated rings. The number of aliphatic hydroxyl groups excluding tert-OH is 1. The van der Waals surface area contributed by atoms with Gasteiger partial charge in [0.05, 0.1) is 18.0 Å². The normalized spacial score (nSPS) is 23.1. The lowest BCUT2D eigenvalue weighted by molar-refractivity contribution is 0.136. The Morgan fingerprint density at radius 2 is 2.40 bits per heavy atom. The monoisotopic (exact) mass is 270 g/mol. The van der Waals surface area contributed by atoms with E-state index in [9.17, 15) is 5.11 Å². The summed E-state index contributed by atoms with van der Waals surface area (Å²) in [6, 6.07) is 2.07. The zero-order chi connectivity index (χ0) is 10.8. The zero-order valence-electron chi connectivity index (χ0n) is 8.73. The zero-order valence-corrected chi connectivity index (χ0v) is 10.3. The predicted molar refractivity (Wildman–Crippen MR) is 63.9 cm³/mol. The molecule has 2 unspecified atom stereocenters. The van der Waals surface area contributed by atoms with Gasteiger partial charge in [-0.2, -0.15) is 0 Å². The number of aliphatic hydroxyl groups is 1. The summed E-state index contributed by atoms with van der Waals surface area (Å²) in [5.74, 6) is 0.393. The molecule has 0 saturated carbocycles. The van der Waals surface area contributed by atoms with Crippen molar-refractivity contribution in [3.8, 4) is 0 Å². The van der Waals surface area contributed by atoms with Gasteiger partial charge in [0.25, 0.3) is 0 Å². The van der Waals surface area contributed by atoms with Crippen molar-refractivity contribution in [2.45, 2.75) is 19.4 Å². The van der Waals surface area contributed by atoms with E-state index in [1.54, 1.807) is 6.20 Å². The fourth-order valence-corrected chi connectivity index (χ4v) is 2.34. The standard InChI is InChI=1S/C11H15BrN2O/c1-8(15)9-2-3-14(7-9)11-4-10(12)5-13-6-11/h4-6,8-9,15H,2-3,7H2,1H3. The molecule has 0 aromatic carbocycles. The van der Waals surface area contributed by atoms with Crippen LogP contribution in [0.1, 0.15) is 13.3 Å². The number of aromatic nitrogens is 1. The molecule has 0 radical (unpaired) electrons. The molecule has 1 saturated heterocycles. The van der Waals surface area contributed by atoms with Crippen molar-refractivity contribution in [2.24, 2.45) is 5.92 Å². The summed E-state index contributed by atoms with van der Waals surface area (Å²) in [6.07, 6.45) is 4.50. The van der Waals surface area contributed by atoms with Gasteiger partial charge in [-0.15, -0.1) is 0 Å². The van der Waals surface area contributed by atoms with Crippen molar-refractivity contribution in [3.05, 3.63) is 22.9 Å². The van der Waals surface area contributed by atoms with Crippen LogP contribution >= 0.6 is 15.9 Å². The molecule has 2 atom stereocenters. The van der Waals surface area contributed by atoms with Crippen LogP contribution in [0.5, 0.6) is 0 Å². The number of hydrogen-bond donors (Lipinski definition) is 1. The van der Waals surface area contributed by atoms with Crippen molar-refractivity contribution in [3.63, 3.8) is 0 Å². The second-order valence-corrected chi connectivity index (χ2v) is 5.01. The lowest BCUT2D eigenvalue weighted by Crippen LogP contribution is -2.23. The highest BCUT2D eigenvalue weighted by Crippen LogP contribution is 2.26. The van der Waals surface area contributed by atoms with Crippen LogP contribution in [0.4, 0.5) is 5.69 Å². The number of halogens is 1. The molecule has 4 heteroatoms. The summed E-state index contributed by atoms with van der Waals surface area (Å²) in [5.41, 5.74) is 1.13. The molecule has 0 spiro atoms. The number of anilines is 1. The van der Waals surface area contributed by atoms with Crippen LogP contribution in [0, 0.1) is 5.92 Å². The highest BCUT2D eigenvalue weighted by Gasteiger charge is 2.26. The molecular formula is C11H15BrN2O. The van der Waals surface area contributed by atoms with Gasteiger partial charge in [-0.3, -0.25) is 4.98 Å². The van der Waals surface area contributed by atoms with Crippen LogP contribution in [-0.4, -0.2) is 29.3 Å². The third-order valence-electron chi connectivity index (χ3n) is 2.96. The molecule has 1 aliphatic rings. The first kappa shape index (κ1) is 10.9. The molecule has 82 valence electrons. The van der Waals surface area contributed by atoms with Crippen molar-refractivity contribution < 1.29 is 5.11 Å². The van der Waals surface area contributed by atoms with Crippen molar-refractivity contribution >= 4 is 21.6 Å². The Bertz CT molecular complexity index is 343. The second-order valence-electron chi connectivity index (χ2n) is 4.10. The smallest absolute Gasteiger partial charge is 0.0564 e. The molecule has 2 heterocycles. The summed E-state index contributed by atoms with van der Waals surface area (Å²) in [7, 11) is 0. The third-order valence-corrected chi connectivity index (χ3v) is 3.40. The first-order valence-corrected chi connectivity index (χ1v) is 5.99. The number of hydrogen-bond acceptors (Lipinski definition) is 3. The second kappa shape index (κ2) is 4.49. The van der Waals surface area contributed by atoms with E-state index in [1.165, 1.54) is 0 Å². The fraction of sp³-hybridized carbons (Fsp3) is 0.545. The molecule has 3 nitrogen and oxygen atoms in total. The summed E-state index contributed by atoms with van der Waals surface area (Å²) in [5, 5.41) is 9.52. The van der Waals surface area contributed by atoms with Gasteiger partial charge in [0.1, 0.15) is 0 Å². The van der Waals surface area contributed by atoms with Gasteiger partial charge in [-0.05, 0) is 35.3 Å². The minimum Gasteiger partial charge on any atom is -0.393 e. The van der Waals surface area contributed by atoms with Gasteiger partial charge in [0.15, 0.2) is 0 Å². The maximum atomic E-state index is 9.52. The Kier molecular flexibility index (Phi) is 3.26. The van der Waals surface area contributed by atoms with E-state index in [0.29, 0.717) is 5.92 Å². The van der Waals surface area contributed by atoms with Crippen molar-refractivity contribution in [1.29, 1.82) is 0 Å². The topological polar surface area (TPSA) is 36.4 Å². The molecule has 0 aliphatic carbocycles. The van der Waals surface area contributed by atoms with E-state index in [1.807, 2.05) is 13.1 Å². The molecule has 0 bridgehead atoms. The molecule has 1 aliphatic heterocycles. The third kappa shape index (κ3) is 2.49. The Morgan fingerprint density at radius 1 is 1.60 bits per heavy atom. The van der Waals surface area contributed by atoms with Gasteiger partial charge in [-0.1, -0.05) is 0 Å². The Hall–Kier alpha value is -0.610. The van der Waals surface area contributed by atoms with Gasteiger partial charge >= 0.3 is 0 Å². The van der Waals surface area contributed by atoms with Crippen LogP contribution in [-0.2, 0) is 0 Å². The highest BCUT2D eigenvalue weighted by atomic mass is 79.9. The summed E-state index contributed by atoms with van der Waals surface area (Å²) in [4.78, 5) is 6.42. The van der Waals surface area contributed by atoms with E-state index in [4.69, 9.17) is 0 Å². The Labute approximate surface area is 98.3 Å². The summed E-state index contributed by atoms with van der Waals surface area (Å²) in [6.45, 7) is 3.80. The van der Waals surface area contributed by atoms with Crippen molar-refractivity contribution in [2.75, 3.05) is 18.0 Å². The maximum Gasteiger partial charge on any atom is 0.0564 e. The Balaban J connectivity index is 2.08. The van der Waals surface area contributed by atoms with E-state index in [2.05, 4.69) is 31.9 Å². The lowest BCUT2D eigenvalue weighted by atomic mass is 10.0. The lowest BCUT2D eigenvalue weighted by Gasteiger charge is -2.19. The molecule has 2 rings (SSSR count). The van der Waals surface area contributed by atoms with E-state index >= 15 is 0 Å². The molecule has 1 aromatic heterocycles. The summed E-state index contributed by atoms with van der Waals surface area (Å²) >= 11 is 3.41. The maximum absolute atomic E-state index is 9.52. The predicted octanol–water partition coefficient (Wildman–Crippen LogP) is 2.05. The quantitative estimate of drug-likeness (QED) is 0.894.